The molecule has 19 heavy (non-hydrogen) atoms. The van der Waals surface area contributed by atoms with Gasteiger partial charge in [-0.3, -0.25) is 0 Å². The molecule has 0 atom stereocenters. The minimum Gasteiger partial charge on any atom is -0.454 e. The maximum absolute atomic E-state index is 11.1. The van der Waals surface area contributed by atoms with Crippen molar-refractivity contribution in [2.75, 3.05) is 0 Å². The summed E-state index contributed by atoms with van der Waals surface area (Å²) in [7, 11) is 0. The van der Waals surface area contributed by atoms with Gasteiger partial charge in [-0.1, -0.05) is 11.6 Å². The number of hydrogen-bond acceptors (Lipinski definition) is 4. The fraction of sp³-hybridized carbons (Fsp3) is 0. The van der Waals surface area contributed by atoms with Crippen molar-refractivity contribution in [2.45, 2.75) is 0 Å². The second kappa shape index (κ2) is 4.70. The Bertz CT molecular complexity index is 762. The Morgan fingerprint density at radius 1 is 1.05 bits per heavy atom. The molecule has 0 aliphatic rings. The summed E-state index contributed by atoms with van der Waals surface area (Å²) in [6.07, 6.45) is 1.44. The van der Waals surface area contributed by atoms with Gasteiger partial charge in [-0.05, 0) is 36.4 Å². The average molecular weight is 274 g/mol. The molecule has 0 saturated heterocycles. The topological polar surface area (TPSA) is 71.8 Å². The van der Waals surface area contributed by atoms with E-state index in [9.17, 15) is 4.79 Å². The van der Waals surface area contributed by atoms with Crippen molar-refractivity contribution in [3.8, 4) is 22.8 Å². The van der Waals surface area contributed by atoms with E-state index >= 15 is 0 Å². The van der Waals surface area contributed by atoms with E-state index in [1.165, 1.54) is 6.20 Å². The zero-order valence-corrected chi connectivity index (χ0v) is 10.4. The summed E-state index contributed by atoms with van der Waals surface area (Å²) >= 11 is 5.83. The van der Waals surface area contributed by atoms with Crippen LogP contribution in [0.1, 0.15) is 0 Å². The first-order chi connectivity index (χ1) is 9.22. The summed E-state index contributed by atoms with van der Waals surface area (Å²) in [6.45, 7) is 0. The number of benzene rings is 1. The molecule has 2 aromatic heterocycles. The van der Waals surface area contributed by atoms with Crippen LogP contribution in [0.2, 0.25) is 5.02 Å². The van der Waals surface area contributed by atoms with Crippen LogP contribution in [0.3, 0.4) is 0 Å². The lowest BCUT2D eigenvalue weighted by Gasteiger charge is -1.97. The third kappa shape index (κ3) is 2.41. The Hall–Kier alpha value is -2.40. The first-order valence-corrected chi connectivity index (χ1v) is 5.88. The molecular weight excluding hydrogens is 266 g/mol. The number of furan rings is 1. The number of aromatic nitrogens is 3. The molecular formula is C13H8ClN3O2. The molecule has 0 radical (unpaired) electrons. The quantitative estimate of drug-likeness (QED) is 0.779. The SMILES string of the molecule is O=c1nc(-c2ccc(-c3ccc(Cl)cc3)o2)cn[nH]1. The molecule has 0 bridgehead atoms. The van der Waals surface area contributed by atoms with E-state index in [0.29, 0.717) is 22.2 Å². The molecule has 0 aliphatic carbocycles. The van der Waals surface area contributed by atoms with E-state index in [4.69, 9.17) is 16.0 Å². The third-order valence-electron chi connectivity index (χ3n) is 2.56. The van der Waals surface area contributed by atoms with Crippen LogP contribution in [-0.4, -0.2) is 15.2 Å². The van der Waals surface area contributed by atoms with Crippen molar-refractivity contribution in [2.24, 2.45) is 0 Å². The Morgan fingerprint density at radius 2 is 1.79 bits per heavy atom. The number of nitrogens with zero attached hydrogens (tertiary/aromatic N) is 2. The largest absolute Gasteiger partial charge is 0.454 e. The van der Waals surface area contributed by atoms with Gasteiger partial charge in [0.25, 0.3) is 0 Å². The highest BCUT2D eigenvalue weighted by molar-refractivity contribution is 6.30. The fourth-order valence-corrected chi connectivity index (χ4v) is 1.80. The highest BCUT2D eigenvalue weighted by atomic mass is 35.5. The van der Waals surface area contributed by atoms with Gasteiger partial charge in [0.1, 0.15) is 11.5 Å². The first kappa shape index (κ1) is 11.7. The minimum absolute atomic E-state index is 0.393. The molecule has 0 amide bonds. The molecule has 0 spiro atoms. The molecule has 0 saturated carbocycles. The smallest absolute Gasteiger partial charge is 0.362 e. The Labute approximate surface area is 112 Å². The Balaban J connectivity index is 1.99. The van der Waals surface area contributed by atoms with E-state index in [-0.39, 0.29) is 0 Å². The summed E-state index contributed by atoms with van der Waals surface area (Å²) in [6, 6.07) is 10.8. The van der Waals surface area contributed by atoms with Crippen LogP contribution in [0.4, 0.5) is 0 Å². The maximum Gasteiger partial charge on any atom is 0.362 e. The summed E-state index contributed by atoms with van der Waals surface area (Å²) in [5.41, 5.74) is 0.777. The molecule has 5 nitrogen and oxygen atoms in total. The number of nitrogens with one attached hydrogen (secondary N) is 1. The van der Waals surface area contributed by atoms with Gasteiger partial charge in [-0.2, -0.15) is 10.1 Å². The lowest BCUT2D eigenvalue weighted by atomic mass is 10.2. The van der Waals surface area contributed by atoms with Gasteiger partial charge in [0, 0.05) is 10.6 Å². The Kier molecular flexibility index (Phi) is 2.89. The van der Waals surface area contributed by atoms with Gasteiger partial charge in [0.2, 0.25) is 0 Å². The molecule has 0 aliphatic heterocycles. The normalized spacial score (nSPS) is 10.6. The highest BCUT2D eigenvalue weighted by Crippen LogP contribution is 2.27. The molecule has 0 fully saturated rings. The van der Waals surface area contributed by atoms with E-state index < -0.39 is 5.69 Å². The molecule has 94 valence electrons. The number of rotatable bonds is 2. The summed E-state index contributed by atoms with van der Waals surface area (Å²) in [4.78, 5) is 14.9. The molecule has 3 aromatic rings. The van der Waals surface area contributed by atoms with E-state index in [0.717, 1.165) is 5.56 Å². The Morgan fingerprint density at radius 3 is 2.53 bits per heavy atom. The van der Waals surface area contributed by atoms with Gasteiger partial charge in [0.15, 0.2) is 5.76 Å². The van der Waals surface area contributed by atoms with Crippen molar-refractivity contribution >= 4 is 11.6 Å². The third-order valence-corrected chi connectivity index (χ3v) is 2.81. The van der Waals surface area contributed by atoms with Crippen LogP contribution in [0, 0.1) is 0 Å². The molecule has 3 rings (SSSR count). The number of aromatic amines is 1. The second-order valence-electron chi connectivity index (χ2n) is 3.84. The highest BCUT2D eigenvalue weighted by Gasteiger charge is 2.08. The van der Waals surface area contributed by atoms with Gasteiger partial charge in [0.05, 0.1) is 6.20 Å². The van der Waals surface area contributed by atoms with Crippen molar-refractivity contribution in [3.05, 3.63) is 58.1 Å². The average Bonchev–Trinajstić information content (AvgIpc) is 2.89. The number of H-pyrrole nitrogens is 1. The monoisotopic (exact) mass is 273 g/mol. The predicted octanol–water partition coefficient (Wildman–Crippen LogP) is 2.75. The molecule has 6 heteroatoms. The number of halogens is 1. The standard InChI is InChI=1S/C13H8ClN3O2/c14-9-3-1-8(2-4-9)11-5-6-12(19-11)10-7-15-17-13(18)16-10/h1-7H,(H,16,17,18). The van der Waals surface area contributed by atoms with Crippen LogP contribution in [0.15, 0.2) is 51.8 Å². The van der Waals surface area contributed by atoms with Gasteiger partial charge < -0.3 is 4.42 Å². The summed E-state index contributed by atoms with van der Waals surface area (Å²) in [5.74, 6) is 1.16. The van der Waals surface area contributed by atoms with Crippen molar-refractivity contribution in [1.82, 2.24) is 15.2 Å². The molecule has 1 aromatic carbocycles. The minimum atomic E-state index is -0.512. The lowest BCUT2D eigenvalue weighted by Crippen LogP contribution is -2.11. The maximum atomic E-state index is 11.1. The fourth-order valence-electron chi connectivity index (χ4n) is 1.68. The van der Waals surface area contributed by atoms with Crippen LogP contribution in [0.5, 0.6) is 0 Å². The second-order valence-corrected chi connectivity index (χ2v) is 4.28. The first-order valence-electron chi connectivity index (χ1n) is 5.50. The van der Waals surface area contributed by atoms with Crippen molar-refractivity contribution < 1.29 is 4.42 Å². The summed E-state index contributed by atoms with van der Waals surface area (Å²) in [5, 5.41) is 6.55. The van der Waals surface area contributed by atoms with Crippen molar-refractivity contribution in [1.29, 1.82) is 0 Å². The summed E-state index contributed by atoms with van der Waals surface area (Å²) < 4.78 is 5.65. The van der Waals surface area contributed by atoms with Crippen LogP contribution < -0.4 is 5.69 Å². The van der Waals surface area contributed by atoms with Crippen LogP contribution >= 0.6 is 11.6 Å². The zero-order valence-electron chi connectivity index (χ0n) is 9.63. The van der Waals surface area contributed by atoms with Crippen LogP contribution in [-0.2, 0) is 0 Å². The van der Waals surface area contributed by atoms with Crippen LogP contribution in [0.25, 0.3) is 22.8 Å². The van der Waals surface area contributed by atoms with E-state index in [1.54, 1.807) is 24.3 Å². The van der Waals surface area contributed by atoms with Gasteiger partial charge >= 0.3 is 5.69 Å². The van der Waals surface area contributed by atoms with Gasteiger partial charge in [-0.25, -0.2) is 9.89 Å². The molecule has 0 unspecified atom stereocenters. The zero-order chi connectivity index (χ0) is 13.2. The van der Waals surface area contributed by atoms with E-state index in [2.05, 4.69) is 15.2 Å². The predicted molar refractivity (Wildman–Crippen MR) is 70.8 cm³/mol. The van der Waals surface area contributed by atoms with E-state index in [1.807, 2.05) is 12.1 Å². The molecule has 1 N–H and O–H groups in total. The van der Waals surface area contributed by atoms with Crippen molar-refractivity contribution in [3.63, 3.8) is 0 Å². The molecule has 2 heterocycles. The number of hydrogen-bond donors (Lipinski definition) is 1. The lowest BCUT2D eigenvalue weighted by molar-refractivity contribution is 0.593. The van der Waals surface area contributed by atoms with Gasteiger partial charge in [-0.15, -0.1) is 0 Å².